The van der Waals surface area contributed by atoms with Gasteiger partial charge >= 0.3 is 0 Å². The number of aliphatic imine (C=N–C) groups is 1. The van der Waals surface area contributed by atoms with Crippen molar-refractivity contribution in [2.75, 3.05) is 26.4 Å². The Balaban J connectivity index is 1.31. The number of rotatable bonds is 9. The van der Waals surface area contributed by atoms with Crippen molar-refractivity contribution in [2.45, 2.75) is 46.2 Å². The zero-order valence-corrected chi connectivity index (χ0v) is 20.5. The van der Waals surface area contributed by atoms with Crippen molar-refractivity contribution >= 4 is 22.6 Å². The number of nitrogens with one attached hydrogen (secondary N) is 2. The normalized spacial score (nSPS) is 16.7. The van der Waals surface area contributed by atoms with E-state index in [1.54, 1.807) is 5.48 Å². The summed E-state index contributed by atoms with van der Waals surface area (Å²) in [6.45, 7) is 12.6. The van der Waals surface area contributed by atoms with Crippen molar-refractivity contribution in [3.05, 3.63) is 48.3 Å². The molecule has 1 amide bonds. The number of likely N-dealkylation sites (tertiary alicyclic amines) is 1. The van der Waals surface area contributed by atoms with E-state index in [2.05, 4.69) is 51.6 Å². The molecule has 2 aliphatic heterocycles. The van der Waals surface area contributed by atoms with Gasteiger partial charge in [0.1, 0.15) is 5.84 Å². The number of nitrogens with zero attached hydrogens (tertiary/aromatic N) is 3. The van der Waals surface area contributed by atoms with Gasteiger partial charge in [-0.3, -0.25) is 10.0 Å². The average Bonchev–Trinajstić information content (AvgIpc) is 3.47. The van der Waals surface area contributed by atoms with E-state index in [1.807, 2.05) is 6.92 Å². The second kappa shape index (κ2) is 11.4. The van der Waals surface area contributed by atoms with Gasteiger partial charge < -0.3 is 24.3 Å². The third kappa shape index (κ3) is 5.68. The highest BCUT2D eigenvalue weighted by molar-refractivity contribution is 5.95. The zero-order valence-electron chi connectivity index (χ0n) is 20.5. The first kappa shape index (κ1) is 24.8. The molecular formula is C26H35N5O4. The number of hydrogen-bond donors (Lipinski definition) is 3. The van der Waals surface area contributed by atoms with Crippen LogP contribution in [0.25, 0.3) is 10.9 Å². The molecule has 0 saturated carbocycles. The molecule has 35 heavy (non-hydrogen) atoms. The molecule has 3 heterocycles. The molecule has 188 valence electrons. The molecule has 2 aromatic rings. The van der Waals surface area contributed by atoms with Crippen LogP contribution in [0.2, 0.25) is 0 Å². The first-order chi connectivity index (χ1) is 17.0. The molecule has 3 N–H and O–H groups in total. The SMILES string of the molecule is C=C/C(=C\N=C(/C)N1CCC(CNCc2cn(CCC)c3cc4c(cc23)OCO4)CC1)C(=O)NO. The lowest BCUT2D eigenvalue weighted by atomic mass is 9.96. The lowest BCUT2D eigenvalue weighted by Gasteiger charge is -2.33. The molecule has 0 atom stereocenters. The molecule has 4 rings (SSSR count). The lowest BCUT2D eigenvalue weighted by Crippen LogP contribution is -2.39. The third-order valence-corrected chi connectivity index (χ3v) is 6.72. The number of amidine groups is 1. The van der Waals surface area contributed by atoms with E-state index in [-0.39, 0.29) is 12.4 Å². The highest BCUT2D eigenvalue weighted by atomic mass is 16.7. The minimum absolute atomic E-state index is 0.218. The van der Waals surface area contributed by atoms with Gasteiger partial charge in [-0.2, -0.15) is 0 Å². The maximum atomic E-state index is 11.5. The van der Waals surface area contributed by atoms with Crippen LogP contribution in [-0.2, 0) is 17.9 Å². The van der Waals surface area contributed by atoms with Gasteiger partial charge in [0.2, 0.25) is 6.79 Å². The Bertz CT molecular complexity index is 1130. The topological polar surface area (TPSA) is 100 Å². The van der Waals surface area contributed by atoms with E-state index in [4.69, 9.17) is 14.7 Å². The lowest BCUT2D eigenvalue weighted by molar-refractivity contribution is -0.124. The van der Waals surface area contributed by atoms with Crippen LogP contribution in [0, 0.1) is 5.92 Å². The molecule has 0 spiro atoms. The van der Waals surface area contributed by atoms with Gasteiger partial charge in [0.15, 0.2) is 11.5 Å². The number of piperidine rings is 1. The van der Waals surface area contributed by atoms with Crippen LogP contribution in [0.3, 0.4) is 0 Å². The van der Waals surface area contributed by atoms with Gasteiger partial charge in [-0.1, -0.05) is 19.6 Å². The molecule has 9 nitrogen and oxygen atoms in total. The minimum atomic E-state index is -0.621. The number of hydrogen-bond acceptors (Lipinski definition) is 6. The highest BCUT2D eigenvalue weighted by Gasteiger charge is 2.21. The summed E-state index contributed by atoms with van der Waals surface area (Å²) in [5.41, 5.74) is 4.30. The van der Waals surface area contributed by atoms with Crippen LogP contribution in [0.4, 0.5) is 0 Å². The number of hydroxylamine groups is 1. The summed E-state index contributed by atoms with van der Waals surface area (Å²) in [7, 11) is 0. The summed E-state index contributed by atoms with van der Waals surface area (Å²) in [6, 6.07) is 4.21. The van der Waals surface area contributed by atoms with Gasteiger partial charge in [0.25, 0.3) is 5.91 Å². The van der Waals surface area contributed by atoms with Crippen LogP contribution in [0.5, 0.6) is 11.5 Å². The van der Waals surface area contributed by atoms with E-state index in [0.29, 0.717) is 5.92 Å². The Hall–Kier alpha value is -3.30. The number of benzene rings is 1. The first-order valence-electron chi connectivity index (χ1n) is 12.2. The standard InChI is InChI=1S/C26H35N5O4/c1-4-8-31-16-21(22-11-24-25(12-23(22)31)35-17-34-24)14-27-13-19-6-9-30(10-7-19)18(3)28-15-20(5-2)26(32)29-33/h5,11-12,15-16,19,27,33H,2,4,6-10,13-14,17H2,1,3H3,(H,29,32)/b20-15+,28-18+. The Morgan fingerprint density at radius 1 is 1.29 bits per heavy atom. The smallest absolute Gasteiger partial charge is 0.276 e. The second-order valence-electron chi connectivity index (χ2n) is 9.04. The predicted octanol–water partition coefficient (Wildman–Crippen LogP) is 3.58. The van der Waals surface area contributed by atoms with Crippen molar-refractivity contribution in [3.63, 3.8) is 0 Å². The first-order valence-corrected chi connectivity index (χ1v) is 12.2. The maximum Gasteiger partial charge on any atom is 0.276 e. The van der Waals surface area contributed by atoms with Gasteiger partial charge in [-0.25, -0.2) is 10.5 Å². The Labute approximate surface area is 206 Å². The van der Waals surface area contributed by atoms with E-state index < -0.39 is 5.91 Å². The maximum absolute atomic E-state index is 11.5. The van der Waals surface area contributed by atoms with Crippen LogP contribution in [0.1, 0.15) is 38.7 Å². The summed E-state index contributed by atoms with van der Waals surface area (Å²) < 4.78 is 13.5. The quantitative estimate of drug-likeness (QED) is 0.126. The molecule has 2 aliphatic rings. The van der Waals surface area contributed by atoms with Crippen molar-refractivity contribution in [3.8, 4) is 11.5 Å². The number of ether oxygens (including phenoxy) is 2. The zero-order chi connectivity index (χ0) is 24.8. The van der Waals surface area contributed by atoms with E-state index in [1.165, 1.54) is 28.7 Å². The summed E-state index contributed by atoms with van der Waals surface area (Å²) in [5.74, 6) is 2.48. The van der Waals surface area contributed by atoms with E-state index in [0.717, 1.165) is 69.3 Å². The van der Waals surface area contributed by atoms with Crippen molar-refractivity contribution in [1.82, 2.24) is 20.3 Å². The molecule has 0 radical (unpaired) electrons. The number of fused-ring (bicyclic) bond motifs is 2. The molecule has 1 fully saturated rings. The van der Waals surface area contributed by atoms with Gasteiger partial charge in [-0.05, 0) is 50.3 Å². The minimum Gasteiger partial charge on any atom is -0.454 e. The molecule has 1 aromatic carbocycles. The predicted molar refractivity (Wildman–Crippen MR) is 136 cm³/mol. The molecule has 0 unspecified atom stereocenters. The van der Waals surface area contributed by atoms with E-state index in [9.17, 15) is 4.79 Å². The fourth-order valence-corrected chi connectivity index (χ4v) is 4.70. The summed E-state index contributed by atoms with van der Waals surface area (Å²) in [5, 5.41) is 13.7. The van der Waals surface area contributed by atoms with E-state index >= 15 is 0 Å². The molecular weight excluding hydrogens is 446 g/mol. The number of amides is 1. The average molecular weight is 482 g/mol. The molecule has 9 heteroatoms. The fraction of sp³-hybridized carbons (Fsp3) is 0.462. The Morgan fingerprint density at radius 2 is 2.03 bits per heavy atom. The summed E-state index contributed by atoms with van der Waals surface area (Å²) >= 11 is 0. The Morgan fingerprint density at radius 3 is 2.71 bits per heavy atom. The van der Waals surface area contributed by atoms with Gasteiger partial charge in [0, 0.05) is 50.0 Å². The van der Waals surface area contributed by atoms with Gasteiger partial charge in [0.05, 0.1) is 11.1 Å². The fourth-order valence-electron chi connectivity index (χ4n) is 4.70. The van der Waals surface area contributed by atoms with Crippen molar-refractivity contribution < 1.29 is 19.5 Å². The van der Waals surface area contributed by atoms with Crippen LogP contribution >= 0.6 is 0 Å². The van der Waals surface area contributed by atoms with Crippen LogP contribution in [0.15, 0.2) is 47.7 Å². The second-order valence-corrected chi connectivity index (χ2v) is 9.04. The largest absolute Gasteiger partial charge is 0.454 e. The summed E-state index contributed by atoms with van der Waals surface area (Å²) in [6.07, 6.45) is 8.28. The van der Waals surface area contributed by atoms with Crippen molar-refractivity contribution in [2.24, 2.45) is 10.9 Å². The van der Waals surface area contributed by atoms with Crippen LogP contribution < -0.4 is 20.3 Å². The Kier molecular flexibility index (Phi) is 8.09. The monoisotopic (exact) mass is 481 g/mol. The molecule has 1 saturated heterocycles. The number of aryl methyl sites for hydroxylation is 1. The van der Waals surface area contributed by atoms with Crippen LogP contribution in [-0.4, -0.2) is 52.8 Å². The molecule has 1 aromatic heterocycles. The molecule has 0 bridgehead atoms. The third-order valence-electron chi connectivity index (χ3n) is 6.72. The summed E-state index contributed by atoms with van der Waals surface area (Å²) in [4.78, 5) is 18.1. The molecule has 0 aliphatic carbocycles. The number of carbonyl (C=O) groups is 1. The number of aromatic nitrogens is 1. The van der Waals surface area contributed by atoms with Crippen molar-refractivity contribution in [1.29, 1.82) is 0 Å². The van der Waals surface area contributed by atoms with Gasteiger partial charge in [-0.15, -0.1) is 0 Å². The highest BCUT2D eigenvalue weighted by Crippen LogP contribution is 2.38. The number of carbonyl (C=O) groups excluding carboxylic acids is 1.